The molecule has 0 radical (unpaired) electrons. The van der Waals surface area contributed by atoms with Crippen LogP contribution in [0, 0.1) is 0 Å². The monoisotopic (exact) mass is 346 g/mol. The summed E-state index contributed by atoms with van der Waals surface area (Å²) in [4.78, 5) is 0. The minimum absolute atomic E-state index is 0.127. The van der Waals surface area contributed by atoms with Crippen molar-refractivity contribution < 1.29 is 8.42 Å². The van der Waals surface area contributed by atoms with Gasteiger partial charge in [-0.15, -0.1) is 0 Å². The lowest BCUT2D eigenvalue weighted by atomic mass is 10.0. The molecule has 0 saturated carbocycles. The zero-order chi connectivity index (χ0) is 17.6. The molecule has 0 amide bonds. The van der Waals surface area contributed by atoms with Gasteiger partial charge in [0.25, 0.3) is 0 Å². The first-order valence-electron chi connectivity index (χ1n) is 8.24. The van der Waals surface area contributed by atoms with Crippen molar-refractivity contribution in [2.45, 2.75) is 38.5 Å². The average molecular weight is 346 g/mol. The molecule has 0 saturated heterocycles. The maximum absolute atomic E-state index is 11.8. The number of nitrogens with one attached hydrogen (secondary N) is 2. The average Bonchev–Trinajstić information content (AvgIpc) is 2.59. The molecular formula is C19H26N2O2S. The van der Waals surface area contributed by atoms with E-state index in [2.05, 4.69) is 22.2 Å². The van der Waals surface area contributed by atoms with Crippen LogP contribution in [0.2, 0.25) is 0 Å². The highest BCUT2D eigenvalue weighted by Gasteiger charge is 2.16. The van der Waals surface area contributed by atoms with Crippen LogP contribution in [-0.2, 0) is 16.6 Å². The molecule has 0 bridgehead atoms. The summed E-state index contributed by atoms with van der Waals surface area (Å²) in [6, 6.07) is 18.4. The van der Waals surface area contributed by atoms with E-state index >= 15 is 0 Å². The molecule has 0 aliphatic rings. The molecule has 4 nitrogen and oxygen atoms in total. The molecule has 1 unspecified atom stereocenters. The topological polar surface area (TPSA) is 58.2 Å². The molecule has 0 aliphatic heterocycles. The minimum atomic E-state index is -3.21. The molecule has 0 fully saturated rings. The fourth-order valence-corrected chi connectivity index (χ4v) is 3.07. The highest BCUT2D eigenvalue weighted by molar-refractivity contribution is 7.90. The van der Waals surface area contributed by atoms with E-state index < -0.39 is 15.3 Å². The third-order valence-electron chi connectivity index (χ3n) is 4.03. The van der Waals surface area contributed by atoms with E-state index in [1.54, 1.807) is 13.8 Å². The Labute approximate surface area is 145 Å². The standard InChI is InChI=1S/C19H26N2O2S/c1-15(2)24(22,23)21-13-16(3)18-9-11-19(12-10-18)20-14-17-7-5-4-6-8-17/h4-12,15-16,20-21H,13-14H2,1-3H3. The maximum atomic E-state index is 11.8. The first-order chi connectivity index (χ1) is 11.4. The second-order valence-corrected chi connectivity index (χ2v) is 8.63. The Balaban J connectivity index is 1.89. The van der Waals surface area contributed by atoms with E-state index in [0.717, 1.165) is 17.8 Å². The number of hydrogen-bond donors (Lipinski definition) is 2. The van der Waals surface area contributed by atoms with E-state index in [-0.39, 0.29) is 5.92 Å². The van der Waals surface area contributed by atoms with Crippen LogP contribution in [0.25, 0.3) is 0 Å². The van der Waals surface area contributed by atoms with E-state index in [1.807, 2.05) is 49.4 Å². The smallest absolute Gasteiger partial charge is 0.213 e. The van der Waals surface area contributed by atoms with Crippen molar-refractivity contribution in [1.82, 2.24) is 4.72 Å². The Morgan fingerprint density at radius 2 is 1.54 bits per heavy atom. The number of sulfonamides is 1. The molecular weight excluding hydrogens is 320 g/mol. The number of benzene rings is 2. The highest BCUT2D eigenvalue weighted by Crippen LogP contribution is 2.18. The second-order valence-electron chi connectivity index (χ2n) is 6.30. The summed E-state index contributed by atoms with van der Waals surface area (Å²) in [5, 5.41) is 2.98. The first-order valence-corrected chi connectivity index (χ1v) is 9.79. The summed E-state index contributed by atoms with van der Waals surface area (Å²) >= 11 is 0. The Morgan fingerprint density at radius 1 is 0.917 bits per heavy atom. The predicted molar refractivity (Wildman–Crippen MR) is 101 cm³/mol. The van der Waals surface area contributed by atoms with Gasteiger partial charge in [0, 0.05) is 18.8 Å². The molecule has 1 atom stereocenters. The van der Waals surface area contributed by atoms with Crippen LogP contribution in [0.15, 0.2) is 54.6 Å². The van der Waals surface area contributed by atoms with Crippen LogP contribution < -0.4 is 10.0 Å². The van der Waals surface area contributed by atoms with Crippen LogP contribution >= 0.6 is 0 Å². The van der Waals surface area contributed by atoms with Crippen LogP contribution in [0.5, 0.6) is 0 Å². The molecule has 2 aromatic rings. The SMILES string of the molecule is CC(CNS(=O)(=O)C(C)C)c1ccc(NCc2ccccc2)cc1. The lowest BCUT2D eigenvalue weighted by Gasteiger charge is -2.15. The van der Waals surface area contributed by atoms with Gasteiger partial charge in [0.15, 0.2) is 0 Å². The number of rotatable bonds is 8. The minimum Gasteiger partial charge on any atom is -0.381 e. The van der Waals surface area contributed by atoms with Crippen molar-refractivity contribution in [2.24, 2.45) is 0 Å². The Kier molecular flexibility index (Phi) is 6.40. The molecule has 0 spiro atoms. The van der Waals surface area contributed by atoms with Gasteiger partial charge in [0.05, 0.1) is 5.25 Å². The molecule has 2 aromatic carbocycles. The molecule has 130 valence electrons. The molecule has 0 aromatic heterocycles. The van der Waals surface area contributed by atoms with Gasteiger partial charge >= 0.3 is 0 Å². The van der Waals surface area contributed by atoms with Gasteiger partial charge in [-0.05, 0) is 43.0 Å². The van der Waals surface area contributed by atoms with Gasteiger partial charge in [0.2, 0.25) is 10.0 Å². The summed E-state index contributed by atoms with van der Waals surface area (Å²) in [5.41, 5.74) is 3.40. The molecule has 2 N–H and O–H groups in total. The van der Waals surface area contributed by atoms with Gasteiger partial charge in [-0.3, -0.25) is 0 Å². The second kappa shape index (κ2) is 8.31. The van der Waals surface area contributed by atoms with E-state index in [4.69, 9.17) is 0 Å². The molecule has 0 heterocycles. The van der Waals surface area contributed by atoms with Crippen LogP contribution in [0.1, 0.15) is 37.8 Å². The Morgan fingerprint density at radius 3 is 2.12 bits per heavy atom. The van der Waals surface area contributed by atoms with Crippen molar-refractivity contribution in [1.29, 1.82) is 0 Å². The maximum Gasteiger partial charge on any atom is 0.213 e. The summed E-state index contributed by atoms with van der Waals surface area (Å²) in [6.45, 7) is 6.58. The van der Waals surface area contributed by atoms with Crippen LogP contribution in [0.4, 0.5) is 5.69 Å². The molecule has 5 heteroatoms. The van der Waals surface area contributed by atoms with E-state index in [1.165, 1.54) is 5.56 Å². The highest BCUT2D eigenvalue weighted by atomic mass is 32.2. The largest absolute Gasteiger partial charge is 0.381 e. The van der Waals surface area contributed by atoms with Gasteiger partial charge in [-0.25, -0.2) is 13.1 Å². The first kappa shape index (κ1) is 18.5. The fourth-order valence-electron chi connectivity index (χ4n) is 2.26. The van der Waals surface area contributed by atoms with Crippen molar-refractivity contribution in [3.05, 3.63) is 65.7 Å². The zero-order valence-electron chi connectivity index (χ0n) is 14.5. The summed E-state index contributed by atoms with van der Waals surface area (Å²) in [6.07, 6.45) is 0. The van der Waals surface area contributed by atoms with Gasteiger partial charge in [-0.2, -0.15) is 0 Å². The van der Waals surface area contributed by atoms with Gasteiger partial charge in [0.1, 0.15) is 0 Å². The number of anilines is 1. The molecule has 2 rings (SSSR count). The zero-order valence-corrected chi connectivity index (χ0v) is 15.3. The summed E-state index contributed by atoms with van der Waals surface area (Å²) in [5.74, 6) is 0.127. The normalized spacial score (nSPS) is 13.0. The van der Waals surface area contributed by atoms with Crippen molar-refractivity contribution >= 4 is 15.7 Å². The number of hydrogen-bond acceptors (Lipinski definition) is 3. The van der Waals surface area contributed by atoms with E-state index in [0.29, 0.717) is 6.54 Å². The third-order valence-corrected chi connectivity index (χ3v) is 5.84. The van der Waals surface area contributed by atoms with Gasteiger partial charge in [-0.1, -0.05) is 49.4 Å². The van der Waals surface area contributed by atoms with Crippen molar-refractivity contribution in [3.63, 3.8) is 0 Å². The quantitative estimate of drug-likeness (QED) is 0.766. The predicted octanol–water partition coefficient (Wildman–Crippen LogP) is 3.73. The van der Waals surface area contributed by atoms with Crippen LogP contribution in [0.3, 0.4) is 0 Å². The van der Waals surface area contributed by atoms with Crippen molar-refractivity contribution in [3.8, 4) is 0 Å². The van der Waals surface area contributed by atoms with Crippen LogP contribution in [-0.4, -0.2) is 20.2 Å². The lowest BCUT2D eigenvalue weighted by Crippen LogP contribution is -2.33. The Bertz CT molecular complexity index is 726. The lowest BCUT2D eigenvalue weighted by molar-refractivity contribution is 0.566. The molecule has 24 heavy (non-hydrogen) atoms. The van der Waals surface area contributed by atoms with E-state index in [9.17, 15) is 8.42 Å². The summed E-state index contributed by atoms with van der Waals surface area (Å²) in [7, 11) is -3.21. The fraction of sp³-hybridized carbons (Fsp3) is 0.368. The Hall–Kier alpha value is -1.85. The molecule has 0 aliphatic carbocycles. The third kappa shape index (κ3) is 5.35. The van der Waals surface area contributed by atoms with Crippen molar-refractivity contribution in [2.75, 3.05) is 11.9 Å². The summed E-state index contributed by atoms with van der Waals surface area (Å²) < 4.78 is 26.3. The van der Waals surface area contributed by atoms with Gasteiger partial charge < -0.3 is 5.32 Å².